The summed E-state index contributed by atoms with van der Waals surface area (Å²) >= 11 is 0. The largest absolute Gasteiger partial charge is 0.478 e. The standard InChI is InChI=1S/C6H10O4/c1-9-6(10-2)4-3-5(7)8/h3-4,6H,1-2H3,(H,7,8). The second-order valence-electron chi connectivity index (χ2n) is 1.54. The molecule has 0 aromatic rings. The van der Waals surface area contributed by atoms with Crippen molar-refractivity contribution >= 4 is 5.97 Å². The second kappa shape index (κ2) is 4.96. The summed E-state index contributed by atoms with van der Waals surface area (Å²) in [5.41, 5.74) is 0. The van der Waals surface area contributed by atoms with Crippen LogP contribution in [-0.4, -0.2) is 31.6 Å². The fourth-order valence-corrected chi connectivity index (χ4v) is 0.414. The van der Waals surface area contributed by atoms with Crippen molar-refractivity contribution in [2.45, 2.75) is 6.29 Å². The maximum atomic E-state index is 9.94. The Morgan fingerprint density at radius 3 is 2.30 bits per heavy atom. The Labute approximate surface area is 59.1 Å². The molecule has 0 aromatic carbocycles. The first-order chi connectivity index (χ1) is 4.70. The van der Waals surface area contributed by atoms with Gasteiger partial charge in [-0.05, 0) is 6.08 Å². The van der Waals surface area contributed by atoms with Crippen LogP contribution in [-0.2, 0) is 14.3 Å². The van der Waals surface area contributed by atoms with Crippen LogP contribution in [0.5, 0.6) is 0 Å². The molecule has 0 aliphatic carbocycles. The summed E-state index contributed by atoms with van der Waals surface area (Å²) < 4.78 is 9.36. The molecule has 0 unspecified atom stereocenters. The normalized spacial score (nSPS) is 11.1. The van der Waals surface area contributed by atoms with Crippen LogP contribution in [0.3, 0.4) is 0 Å². The molecule has 4 heteroatoms. The highest BCUT2D eigenvalue weighted by molar-refractivity contribution is 5.79. The zero-order valence-corrected chi connectivity index (χ0v) is 5.90. The zero-order valence-electron chi connectivity index (χ0n) is 5.90. The van der Waals surface area contributed by atoms with Gasteiger partial charge in [-0.15, -0.1) is 0 Å². The van der Waals surface area contributed by atoms with Crippen LogP contribution in [0, 0.1) is 0 Å². The maximum absolute atomic E-state index is 9.94. The van der Waals surface area contributed by atoms with Crippen molar-refractivity contribution in [3.63, 3.8) is 0 Å². The molecule has 0 amide bonds. The Kier molecular flexibility index (Phi) is 4.53. The van der Waals surface area contributed by atoms with Gasteiger partial charge in [0.2, 0.25) is 0 Å². The summed E-state index contributed by atoms with van der Waals surface area (Å²) in [6, 6.07) is 0. The van der Waals surface area contributed by atoms with Gasteiger partial charge in [0.1, 0.15) is 0 Å². The van der Waals surface area contributed by atoms with Gasteiger partial charge in [0.25, 0.3) is 0 Å². The number of rotatable bonds is 4. The van der Waals surface area contributed by atoms with Crippen LogP contribution < -0.4 is 0 Å². The van der Waals surface area contributed by atoms with E-state index in [0.717, 1.165) is 6.08 Å². The van der Waals surface area contributed by atoms with Crippen molar-refractivity contribution in [1.82, 2.24) is 0 Å². The number of carbonyl (C=O) groups is 1. The molecular formula is C6H10O4. The lowest BCUT2D eigenvalue weighted by molar-refractivity contribution is -0.131. The minimum atomic E-state index is -1.01. The van der Waals surface area contributed by atoms with Crippen LogP contribution in [0.25, 0.3) is 0 Å². The first kappa shape index (κ1) is 9.13. The summed E-state index contributed by atoms with van der Waals surface area (Å²) in [6.45, 7) is 0. The Hall–Kier alpha value is -0.870. The van der Waals surface area contributed by atoms with Crippen LogP contribution in [0.2, 0.25) is 0 Å². The minimum Gasteiger partial charge on any atom is -0.478 e. The van der Waals surface area contributed by atoms with Crippen LogP contribution in [0.15, 0.2) is 12.2 Å². The average molecular weight is 146 g/mol. The zero-order chi connectivity index (χ0) is 7.98. The lowest BCUT2D eigenvalue weighted by atomic mass is 10.5. The van der Waals surface area contributed by atoms with Crippen molar-refractivity contribution in [2.75, 3.05) is 14.2 Å². The second-order valence-corrected chi connectivity index (χ2v) is 1.54. The topological polar surface area (TPSA) is 55.8 Å². The summed E-state index contributed by atoms with van der Waals surface area (Å²) in [7, 11) is 2.86. The first-order valence-electron chi connectivity index (χ1n) is 2.67. The molecule has 0 rings (SSSR count). The fraction of sp³-hybridized carbons (Fsp3) is 0.500. The Bertz CT molecular complexity index is 126. The number of carboxylic acid groups (broad SMARTS) is 1. The van der Waals surface area contributed by atoms with Crippen molar-refractivity contribution in [1.29, 1.82) is 0 Å². The van der Waals surface area contributed by atoms with Gasteiger partial charge in [0, 0.05) is 20.3 Å². The SMILES string of the molecule is COC(C=CC(=O)O)OC. The molecule has 0 aromatic heterocycles. The van der Waals surface area contributed by atoms with E-state index >= 15 is 0 Å². The van der Waals surface area contributed by atoms with Gasteiger partial charge in [-0.2, -0.15) is 0 Å². The average Bonchev–Trinajstić information content (AvgIpc) is 1.90. The van der Waals surface area contributed by atoms with Crippen LogP contribution >= 0.6 is 0 Å². The highest BCUT2D eigenvalue weighted by Crippen LogP contribution is 1.91. The number of aliphatic carboxylic acids is 1. The van der Waals surface area contributed by atoms with Gasteiger partial charge < -0.3 is 14.6 Å². The molecule has 0 aliphatic heterocycles. The third-order valence-corrected chi connectivity index (χ3v) is 0.861. The fourth-order valence-electron chi connectivity index (χ4n) is 0.414. The Morgan fingerprint density at radius 1 is 1.50 bits per heavy atom. The molecule has 1 N–H and O–H groups in total. The molecule has 0 bridgehead atoms. The molecule has 0 heterocycles. The number of ether oxygens (including phenoxy) is 2. The summed E-state index contributed by atoms with van der Waals surface area (Å²) in [5.74, 6) is -1.01. The minimum absolute atomic E-state index is 0.573. The van der Waals surface area contributed by atoms with E-state index in [2.05, 4.69) is 9.47 Å². The van der Waals surface area contributed by atoms with Crippen molar-refractivity contribution in [3.05, 3.63) is 12.2 Å². The van der Waals surface area contributed by atoms with Gasteiger partial charge in [0.15, 0.2) is 6.29 Å². The van der Waals surface area contributed by atoms with E-state index in [1.165, 1.54) is 20.3 Å². The summed E-state index contributed by atoms with van der Waals surface area (Å²) in [4.78, 5) is 9.94. The van der Waals surface area contributed by atoms with Gasteiger partial charge in [-0.1, -0.05) is 0 Å². The highest BCUT2D eigenvalue weighted by atomic mass is 16.7. The number of hydrogen-bond acceptors (Lipinski definition) is 3. The predicted molar refractivity (Wildman–Crippen MR) is 34.6 cm³/mol. The maximum Gasteiger partial charge on any atom is 0.328 e. The van der Waals surface area contributed by atoms with Crippen molar-refractivity contribution in [3.8, 4) is 0 Å². The number of carboxylic acids is 1. The summed E-state index contributed by atoms with van der Waals surface area (Å²) in [5, 5.41) is 8.16. The molecule has 0 spiro atoms. The van der Waals surface area contributed by atoms with Crippen LogP contribution in [0.4, 0.5) is 0 Å². The van der Waals surface area contributed by atoms with Crippen molar-refractivity contribution < 1.29 is 19.4 Å². The Morgan fingerprint density at radius 2 is 2.00 bits per heavy atom. The summed E-state index contributed by atoms with van der Waals surface area (Å²) in [6.07, 6.45) is 1.70. The van der Waals surface area contributed by atoms with E-state index in [-0.39, 0.29) is 0 Å². The lowest BCUT2D eigenvalue weighted by Gasteiger charge is -2.05. The smallest absolute Gasteiger partial charge is 0.328 e. The number of methoxy groups -OCH3 is 2. The quantitative estimate of drug-likeness (QED) is 0.456. The molecule has 58 valence electrons. The first-order valence-corrected chi connectivity index (χ1v) is 2.67. The molecular weight excluding hydrogens is 136 g/mol. The Balaban J connectivity index is 3.72. The number of hydrogen-bond donors (Lipinski definition) is 1. The lowest BCUT2D eigenvalue weighted by Crippen LogP contribution is -2.09. The third kappa shape index (κ3) is 4.05. The molecule has 0 saturated carbocycles. The third-order valence-electron chi connectivity index (χ3n) is 0.861. The van der Waals surface area contributed by atoms with E-state index in [1.807, 2.05) is 0 Å². The predicted octanol–water partition coefficient (Wildman–Crippen LogP) is 0.246. The van der Waals surface area contributed by atoms with Crippen LogP contribution in [0.1, 0.15) is 0 Å². The molecule has 4 nitrogen and oxygen atoms in total. The molecule has 0 radical (unpaired) electrons. The highest BCUT2D eigenvalue weighted by Gasteiger charge is 1.97. The van der Waals surface area contributed by atoms with Crippen molar-refractivity contribution in [2.24, 2.45) is 0 Å². The van der Waals surface area contributed by atoms with Gasteiger partial charge in [-0.3, -0.25) is 0 Å². The monoisotopic (exact) mass is 146 g/mol. The van der Waals surface area contributed by atoms with E-state index in [4.69, 9.17) is 5.11 Å². The molecule has 0 fully saturated rings. The van der Waals surface area contributed by atoms with E-state index in [9.17, 15) is 4.79 Å². The molecule has 0 aliphatic rings. The molecule has 0 saturated heterocycles. The van der Waals surface area contributed by atoms with Gasteiger partial charge in [-0.25, -0.2) is 4.79 Å². The molecule has 0 atom stereocenters. The van der Waals surface area contributed by atoms with Gasteiger partial charge in [0.05, 0.1) is 0 Å². The van der Waals surface area contributed by atoms with Gasteiger partial charge >= 0.3 is 5.97 Å². The van der Waals surface area contributed by atoms with E-state index in [0.29, 0.717) is 0 Å². The van der Waals surface area contributed by atoms with E-state index in [1.54, 1.807) is 0 Å². The van der Waals surface area contributed by atoms with E-state index < -0.39 is 12.3 Å². The molecule has 10 heavy (non-hydrogen) atoms.